The Bertz CT molecular complexity index is 2190. The number of hydrogen-bond acceptors (Lipinski definition) is 7. The number of amides is 4. The fourth-order valence-electron chi connectivity index (χ4n) is 8.95. The number of halogens is 2. The van der Waals surface area contributed by atoms with Gasteiger partial charge in [-0.2, -0.15) is 5.01 Å². The second-order valence-electron chi connectivity index (χ2n) is 13.6. The van der Waals surface area contributed by atoms with E-state index in [0.717, 1.165) is 10.6 Å². The van der Waals surface area contributed by atoms with Crippen molar-refractivity contribution in [1.82, 2.24) is 5.01 Å². The van der Waals surface area contributed by atoms with Crippen LogP contribution in [0, 0.1) is 29.5 Å². The number of benzene rings is 4. The number of carbonyl (C=O) groups is 4. The maximum Gasteiger partial charge on any atom is 0.260 e. The SMILES string of the molecule is C=Cc1ccc(N2C(=O)[C@H]3[C@H](CC=C4[C@H]3C[C@H]3C(=O)N(Nc5ccc(F)cc5)C(=O)[C@@]3(c3ccc(Cl)cc3)[C@H]4c3cccc(OC)c3O)C2=O)cc1. The third-order valence-corrected chi connectivity index (χ3v) is 11.5. The molecule has 8 rings (SSSR count). The van der Waals surface area contributed by atoms with Crippen LogP contribution in [0.25, 0.3) is 6.08 Å². The number of phenols is 1. The Labute approximate surface area is 303 Å². The van der Waals surface area contributed by atoms with Crippen molar-refractivity contribution in [1.29, 1.82) is 0 Å². The van der Waals surface area contributed by atoms with Gasteiger partial charge in [0.05, 0.1) is 41.7 Å². The second kappa shape index (κ2) is 12.5. The number of nitrogens with one attached hydrogen (secondary N) is 1. The maximum absolute atomic E-state index is 15.2. The van der Waals surface area contributed by atoms with Gasteiger partial charge in [-0.1, -0.05) is 72.3 Å². The fourth-order valence-corrected chi connectivity index (χ4v) is 9.08. The number of allylic oxidation sites excluding steroid dienone is 2. The lowest BCUT2D eigenvalue weighted by molar-refractivity contribution is -0.138. The number of imide groups is 2. The summed E-state index contributed by atoms with van der Waals surface area (Å²) in [7, 11) is 1.42. The van der Waals surface area contributed by atoms with Crippen LogP contribution in [-0.4, -0.2) is 40.9 Å². The Hall–Kier alpha value is -5.74. The van der Waals surface area contributed by atoms with Crippen molar-refractivity contribution in [3.05, 3.63) is 137 Å². The maximum atomic E-state index is 15.2. The van der Waals surface area contributed by atoms with Crippen LogP contribution in [0.15, 0.2) is 109 Å². The number of hydrazine groups is 1. The average Bonchev–Trinajstić information content (AvgIpc) is 3.53. The highest BCUT2D eigenvalue weighted by Crippen LogP contribution is 2.65. The van der Waals surface area contributed by atoms with Gasteiger partial charge in [0.25, 0.3) is 11.8 Å². The van der Waals surface area contributed by atoms with Crippen LogP contribution in [0.3, 0.4) is 0 Å². The van der Waals surface area contributed by atoms with E-state index in [2.05, 4.69) is 12.0 Å². The van der Waals surface area contributed by atoms with Crippen molar-refractivity contribution in [2.24, 2.45) is 23.7 Å². The molecule has 4 aliphatic rings. The van der Waals surface area contributed by atoms with Crippen LogP contribution in [0.2, 0.25) is 5.02 Å². The van der Waals surface area contributed by atoms with E-state index in [4.69, 9.17) is 16.3 Å². The highest BCUT2D eigenvalue weighted by Gasteiger charge is 2.70. The number of methoxy groups -OCH3 is 1. The van der Waals surface area contributed by atoms with Gasteiger partial charge in [-0.05, 0) is 84.5 Å². The average molecular weight is 718 g/mol. The Balaban J connectivity index is 1.33. The summed E-state index contributed by atoms with van der Waals surface area (Å²) >= 11 is 6.35. The molecule has 1 saturated carbocycles. The van der Waals surface area contributed by atoms with E-state index in [1.54, 1.807) is 72.8 Å². The molecule has 2 N–H and O–H groups in total. The summed E-state index contributed by atoms with van der Waals surface area (Å²) in [6, 6.07) is 23.9. The van der Waals surface area contributed by atoms with Gasteiger partial charge >= 0.3 is 0 Å². The quantitative estimate of drug-likeness (QED) is 0.156. The lowest BCUT2D eigenvalue weighted by atomic mass is 9.49. The van der Waals surface area contributed by atoms with Crippen LogP contribution in [-0.2, 0) is 24.6 Å². The summed E-state index contributed by atoms with van der Waals surface area (Å²) in [5.74, 6) is -6.62. The van der Waals surface area contributed by atoms with Gasteiger partial charge in [0.2, 0.25) is 11.8 Å². The molecule has 52 heavy (non-hydrogen) atoms. The number of hydrogen-bond donors (Lipinski definition) is 2. The molecule has 262 valence electrons. The third-order valence-electron chi connectivity index (χ3n) is 11.2. The number of rotatable bonds is 7. The summed E-state index contributed by atoms with van der Waals surface area (Å²) in [6.45, 7) is 3.78. The van der Waals surface area contributed by atoms with Crippen molar-refractivity contribution in [3.63, 3.8) is 0 Å². The van der Waals surface area contributed by atoms with Crippen molar-refractivity contribution in [2.75, 3.05) is 17.4 Å². The van der Waals surface area contributed by atoms with Crippen LogP contribution in [0.1, 0.15) is 35.4 Å². The summed E-state index contributed by atoms with van der Waals surface area (Å²) in [5.41, 5.74) is 4.33. The normalized spacial score (nSPS) is 26.4. The van der Waals surface area contributed by atoms with E-state index in [1.165, 1.54) is 36.3 Å². The van der Waals surface area contributed by atoms with Crippen LogP contribution < -0.4 is 15.1 Å². The van der Waals surface area contributed by atoms with Crippen molar-refractivity contribution in [3.8, 4) is 11.5 Å². The Morgan fingerprint density at radius 3 is 2.31 bits per heavy atom. The predicted molar refractivity (Wildman–Crippen MR) is 193 cm³/mol. The minimum Gasteiger partial charge on any atom is -0.504 e. The summed E-state index contributed by atoms with van der Waals surface area (Å²) in [4.78, 5) is 59.8. The fraction of sp³-hybridized carbons (Fsp3) is 0.220. The first-order chi connectivity index (χ1) is 25.1. The van der Waals surface area contributed by atoms with E-state index in [1.807, 2.05) is 6.08 Å². The van der Waals surface area contributed by atoms with E-state index in [-0.39, 0.29) is 36.2 Å². The first-order valence-corrected chi connectivity index (χ1v) is 17.3. The zero-order chi connectivity index (χ0) is 36.5. The van der Waals surface area contributed by atoms with Crippen molar-refractivity contribution >= 4 is 52.7 Å². The number of anilines is 2. The molecule has 11 heteroatoms. The number of nitrogens with zero attached hydrogens (tertiary/aromatic N) is 2. The number of carbonyl (C=O) groups excluding carboxylic acids is 4. The van der Waals surface area contributed by atoms with Gasteiger partial charge < -0.3 is 9.84 Å². The Morgan fingerprint density at radius 1 is 0.923 bits per heavy atom. The molecule has 2 saturated heterocycles. The van der Waals surface area contributed by atoms with Gasteiger partial charge in [0.1, 0.15) is 5.82 Å². The largest absolute Gasteiger partial charge is 0.504 e. The zero-order valence-electron chi connectivity index (χ0n) is 28.0. The number of para-hydroxylation sites is 1. The Morgan fingerprint density at radius 2 is 1.63 bits per heavy atom. The molecule has 4 aromatic carbocycles. The molecule has 0 radical (unpaired) electrons. The van der Waals surface area contributed by atoms with E-state index < -0.39 is 52.6 Å². The summed E-state index contributed by atoms with van der Waals surface area (Å²) in [6.07, 6.45) is 3.85. The molecule has 0 aromatic heterocycles. The first kappa shape index (κ1) is 33.4. The molecule has 6 atom stereocenters. The van der Waals surface area contributed by atoms with E-state index >= 15 is 4.79 Å². The molecule has 0 spiro atoms. The summed E-state index contributed by atoms with van der Waals surface area (Å²) < 4.78 is 19.4. The van der Waals surface area contributed by atoms with E-state index in [0.29, 0.717) is 33.1 Å². The minimum atomic E-state index is -1.64. The highest BCUT2D eigenvalue weighted by atomic mass is 35.5. The number of fused-ring (bicyclic) bond motifs is 4. The minimum absolute atomic E-state index is 0.0608. The molecule has 4 amide bonds. The molecule has 2 aliphatic heterocycles. The lowest BCUT2D eigenvalue weighted by Gasteiger charge is -2.50. The smallest absolute Gasteiger partial charge is 0.260 e. The number of phenolic OH excluding ortho intramolecular Hbond substituents is 1. The van der Waals surface area contributed by atoms with Gasteiger partial charge in [-0.15, -0.1) is 0 Å². The van der Waals surface area contributed by atoms with Crippen LogP contribution >= 0.6 is 11.6 Å². The molecular formula is C41H33ClFN3O6. The molecule has 4 aromatic rings. The molecule has 0 bridgehead atoms. The van der Waals surface area contributed by atoms with Gasteiger partial charge in [-0.25, -0.2) is 4.39 Å². The zero-order valence-corrected chi connectivity index (χ0v) is 28.7. The van der Waals surface area contributed by atoms with Crippen molar-refractivity contribution < 1.29 is 33.4 Å². The van der Waals surface area contributed by atoms with Gasteiger partial charge in [-0.3, -0.25) is 29.5 Å². The van der Waals surface area contributed by atoms with Crippen molar-refractivity contribution in [2.45, 2.75) is 24.2 Å². The molecule has 3 fully saturated rings. The van der Waals surface area contributed by atoms with Gasteiger partial charge in [0.15, 0.2) is 11.5 Å². The van der Waals surface area contributed by atoms with Crippen LogP contribution in [0.4, 0.5) is 15.8 Å². The molecule has 2 heterocycles. The third kappa shape index (κ3) is 4.81. The van der Waals surface area contributed by atoms with Crippen LogP contribution in [0.5, 0.6) is 11.5 Å². The second-order valence-corrected chi connectivity index (χ2v) is 14.0. The Kier molecular flexibility index (Phi) is 8.02. The first-order valence-electron chi connectivity index (χ1n) is 16.9. The molecule has 0 unspecified atom stereocenters. The number of aromatic hydroxyl groups is 1. The van der Waals surface area contributed by atoms with Gasteiger partial charge in [0, 0.05) is 16.5 Å². The topological polar surface area (TPSA) is 116 Å². The number of ether oxygens (including phenoxy) is 1. The van der Waals surface area contributed by atoms with E-state index in [9.17, 15) is 23.9 Å². The predicted octanol–water partition coefficient (Wildman–Crippen LogP) is 7.03. The molecule has 9 nitrogen and oxygen atoms in total. The highest BCUT2D eigenvalue weighted by molar-refractivity contribution is 6.30. The lowest BCUT2D eigenvalue weighted by Crippen LogP contribution is -2.53. The molecule has 2 aliphatic carbocycles. The molecular weight excluding hydrogens is 685 g/mol. The summed E-state index contributed by atoms with van der Waals surface area (Å²) in [5, 5.41) is 13.2. The monoisotopic (exact) mass is 717 g/mol. The standard InChI is InChI=1S/C41H33ClFN3O6/c1-3-22-7-17-27(18-8-22)45-37(48)29-20-19-28-31(34(29)39(45)50)21-32-38(49)46(44-26-15-13-25(43)14-16-26)40(51)41(32,23-9-11-24(42)12-10-23)35(28)30-5-4-6-33(52-2)36(30)47/h3-19,29,31-32,34-35,44,47H,1,20-21H2,2H3/t29-,31+,32-,34-,35+,41+/m0/s1.